The van der Waals surface area contributed by atoms with Crippen LogP contribution in [0.25, 0.3) is 11.3 Å². The van der Waals surface area contributed by atoms with Gasteiger partial charge in [-0.15, -0.1) is 0 Å². The summed E-state index contributed by atoms with van der Waals surface area (Å²) in [6, 6.07) is 18.0. The molecule has 0 bridgehead atoms. The zero-order valence-corrected chi connectivity index (χ0v) is 16.4. The summed E-state index contributed by atoms with van der Waals surface area (Å²) in [5, 5.41) is 7.15. The van der Waals surface area contributed by atoms with Crippen LogP contribution < -0.4 is 5.32 Å². The number of nitrogens with one attached hydrogen (secondary N) is 1. The fourth-order valence-corrected chi connectivity index (χ4v) is 3.10. The molecule has 134 valence electrons. The standard InChI is InChI=1S/C21H21BrN2O2/c1-14(8-9-16-6-4-3-5-7-16)23-21(25)19-15(2)26-24-20(19)17-10-12-18(22)13-11-17/h3-7,10-14H,8-9H2,1-2H3,(H,23,25). The van der Waals surface area contributed by atoms with E-state index in [-0.39, 0.29) is 11.9 Å². The second-order valence-corrected chi connectivity index (χ2v) is 7.28. The molecule has 0 aliphatic carbocycles. The first-order valence-corrected chi connectivity index (χ1v) is 9.41. The van der Waals surface area contributed by atoms with Gasteiger partial charge in [0.05, 0.1) is 0 Å². The van der Waals surface area contributed by atoms with Crippen molar-refractivity contribution in [1.29, 1.82) is 0 Å². The van der Waals surface area contributed by atoms with Gasteiger partial charge in [0.1, 0.15) is 17.0 Å². The lowest BCUT2D eigenvalue weighted by Gasteiger charge is -2.14. The molecule has 4 nitrogen and oxygen atoms in total. The van der Waals surface area contributed by atoms with Gasteiger partial charge in [-0.2, -0.15) is 0 Å². The fourth-order valence-electron chi connectivity index (χ4n) is 2.84. The number of carbonyl (C=O) groups is 1. The van der Waals surface area contributed by atoms with Crippen molar-refractivity contribution >= 4 is 21.8 Å². The highest BCUT2D eigenvalue weighted by atomic mass is 79.9. The fraction of sp³-hybridized carbons (Fsp3) is 0.238. The highest BCUT2D eigenvalue weighted by molar-refractivity contribution is 9.10. The average molecular weight is 413 g/mol. The van der Waals surface area contributed by atoms with Crippen molar-refractivity contribution in [1.82, 2.24) is 10.5 Å². The molecule has 0 saturated carbocycles. The Kier molecular flexibility index (Phi) is 5.89. The average Bonchev–Trinajstić information content (AvgIpc) is 3.03. The minimum atomic E-state index is -0.151. The minimum Gasteiger partial charge on any atom is -0.360 e. The number of hydrogen-bond donors (Lipinski definition) is 1. The van der Waals surface area contributed by atoms with E-state index in [0.29, 0.717) is 17.0 Å². The third-order valence-corrected chi connectivity index (χ3v) is 4.82. The summed E-state index contributed by atoms with van der Waals surface area (Å²) < 4.78 is 6.26. The highest BCUT2D eigenvalue weighted by Crippen LogP contribution is 2.26. The van der Waals surface area contributed by atoms with E-state index in [0.717, 1.165) is 22.9 Å². The van der Waals surface area contributed by atoms with Crippen LogP contribution in [0.1, 0.15) is 35.0 Å². The van der Waals surface area contributed by atoms with E-state index in [4.69, 9.17) is 4.52 Å². The first-order chi connectivity index (χ1) is 12.5. The van der Waals surface area contributed by atoms with Crippen LogP contribution in [0.5, 0.6) is 0 Å². The topological polar surface area (TPSA) is 55.1 Å². The molecule has 1 amide bonds. The molecule has 26 heavy (non-hydrogen) atoms. The summed E-state index contributed by atoms with van der Waals surface area (Å²) in [5.74, 6) is 0.373. The smallest absolute Gasteiger partial charge is 0.257 e. The third kappa shape index (κ3) is 4.41. The van der Waals surface area contributed by atoms with Gasteiger partial charge in [-0.1, -0.05) is 63.6 Å². The maximum atomic E-state index is 12.8. The van der Waals surface area contributed by atoms with Gasteiger partial charge in [-0.05, 0) is 44.4 Å². The molecule has 2 aromatic carbocycles. The maximum Gasteiger partial charge on any atom is 0.257 e. The van der Waals surface area contributed by atoms with Gasteiger partial charge < -0.3 is 9.84 Å². The Morgan fingerprint density at radius 1 is 1.15 bits per heavy atom. The Bertz CT molecular complexity index is 873. The van der Waals surface area contributed by atoms with Gasteiger partial charge in [-0.3, -0.25) is 4.79 Å². The number of carbonyl (C=O) groups excluding carboxylic acids is 1. The molecular formula is C21H21BrN2O2. The molecule has 1 unspecified atom stereocenters. The van der Waals surface area contributed by atoms with Crippen LogP contribution in [0.4, 0.5) is 0 Å². The Labute approximate surface area is 161 Å². The Balaban J connectivity index is 1.69. The largest absolute Gasteiger partial charge is 0.360 e. The van der Waals surface area contributed by atoms with Crippen molar-refractivity contribution < 1.29 is 9.32 Å². The number of benzene rings is 2. The van der Waals surface area contributed by atoms with Crippen LogP contribution in [0.2, 0.25) is 0 Å². The SMILES string of the molecule is Cc1onc(-c2ccc(Br)cc2)c1C(=O)NC(C)CCc1ccccc1. The predicted molar refractivity (Wildman–Crippen MR) is 106 cm³/mol. The van der Waals surface area contributed by atoms with Crippen LogP contribution in [0.15, 0.2) is 63.6 Å². The zero-order chi connectivity index (χ0) is 18.5. The molecule has 5 heteroatoms. The van der Waals surface area contributed by atoms with Gasteiger partial charge in [0.25, 0.3) is 5.91 Å². The highest BCUT2D eigenvalue weighted by Gasteiger charge is 2.22. The van der Waals surface area contributed by atoms with E-state index >= 15 is 0 Å². The summed E-state index contributed by atoms with van der Waals surface area (Å²) in [6.07, 6.45) is 1.79. The van der Waals surface area contributed by atoms with E-state index in [1.165, 1.54) is 5.56 Å². The van der Waals surface area contributed by atoms with E-state index in [1.807, 2.05) is 49.4 Å². The minimum absolute atomic E-state index is 0.0507. The van der Waals surface area contributed by atoms with Crippen LogP contribution in [-0.4, -0.2) is 17.1 Å². The van der Waals surface area contributed by atoms with Crippen LogP contribution in [0, 0.1) is 6.92 Å². The number of aromatic nitrogens is 1. The molecule has 1 N–H and O–H groups in total. The van der Waals surface area contributed by atoms with E-state index < -0.39 is 0 Å². The van der Waals surface area contributed by atoms with E-state index in [1.54, 1.807) is 6.92 Å². The number of amides is 1. The molecule has 0 aliphatic heterocycles. The van der Waals surface area contributed by atoms with Crippen LogP contribution in [-0.2, 0) is 6.42 Å². The van der Waals surface area contributed by atoms with Crippen LogP contribution >= 0.6 is 15.9 Å². The summed E-state index contributed by atoms with van der Waals surface area (Å²) in [7, 11) is 0. The molecule has 1 atom stereocenters. The number of halogens is 1. The van der Waals surface area contributed by atoms with Crippen molar-refractivity contribution in [2.45, 2.75) is 32.7 Å². The molecule has 1 heterocycles. The molecule has 0 spiro atoms. The molecule has 0 aliphatic rings. The zero-order valence-electron chi connectivity index (χ0n) is 14.8. The molecule has 0 radical (unpaired) electrons. The second-order valence-electron chi connectivity index (χ2n) is 6.37. The summed E-state index contributed by atoms with van der Waals surface area (Å²) in [4.78, 5) is 12.8. The van der Waals surface area contributed by atoms with E-state index in [2.05, 4.69) is 38.5 Å². The van der Waals surface area contributed by atoms with Gasteiger partial charge in [0, 0.05) is 16.1 Å². The molecule has 3 rings (SSSR count). The molecule has 1 aromatic heterocycles. The first-order valence-electron chi connectivity index (χ1n) is 8.61. The van der Waals surface area contributed by atoms with Crippen LogP contribution in [0.3, 0.4) is 0 Å². The molecule has 0 saturated heterocycles. The second kappa shape index (κ2) is 8.32. The lowest BCUT2D eigenvalue weighted by atomic mass is 10.0. The van der Waals surface area contributed by atoms with Gasteiger partial charge in [0.2, 0.25) is 0 Å². The molecule has 3 aromatic rings. The predicted octanol–water partition coefficient (Wildman–Crippen LogP) is 5.16. The number of rotatable bonds is 6. The monoisotopic (exact) mass is 412 g/mol. The van der Waals surface area contributed by atoms with Crippen molar-refractivity contribution in [3.05, 3.63) is 76.0 Å². The number of nitrogens with zero attached hydrogens (tertiary/aromatic N) is 1. The summed E-state index contributed by atoms with van der Waals surface area (Å²) in [6.45, 7) is 3.78. The van der Waals surface area contributed by atoms with Gasteiger partial charge in [-0.25, -0.2) is 0 Å². The first kappa shape index (κ1) is 18.4. The van der Waals surface area contributed by atoms with Crippen molar-refractivity contribution in [2.75, 3.05) is 0 Å². The van der Waals surface area contributed by atoms with Crippen molar-refractivity contribution in [2.24, 2.45) is 0 Å². The van der Waals surface area contributed by atoms with Gasteiger partial charge in [0.15, 0.2) is 0 Å². The Morgan fingerprint density at radius 3 is 2.54 bits per heavy atom. The van der Waals surface area contributed by atoms with Crippen molar-refractivity contribution in [3.8, 4) is 11.3 Å². The number of aryl methyl sites for hydroxylation is 2. The quantitative estimate of drug-likeness (QED) is 0.607. The maximum absolute atomic E-state index is 12.8. The molecule has 0 fully saturated rings. The molecular weight excluding hydrogens is 392 g/mol. The number of hydrogen-bond acceptors (Lipinski definition) is 3. The Morgan fingerprint density at radius 2 is 1.85 bits per heavy atom. The normalized spacial score (nSPS) is 12.0. The third-order valence-electron chi connectivity index (χ3n) is 4.29. The summed E-state index contributed by atoms with van der Waals surface area (Å²) >= 11 is 3.42. The summed E-state index contributed by atoms with van der Waals surface area (Å²) in [5.41, 5.74) is 3.19. The lowest BCUT2D eigenvalue weighted by Crippen LogP contribution is -2.33. The van der Waals surface area contributed by atoms with Crippen molar-refractivity contribution in [3.63, 3.8) is 0 Å². The Hall–Kier alpha value is -2.40. The lowest BCUT2D eigenvalue weighted by molar-refractivity contribution is 0.0937. The van der Waals surface area contributed by atoms with Gasteiger partial charge >= 0.3 is 0 Å². The van der Waals surface area contributed by atoms with E-state index in [9.17, 15) is 4.79 Å².